The third kappa shape index (κ3) is 4.20. The molecule has 1 N–H and O–H groups in total. The highest BCUT2D eigenvalue weighted by Crippen LogP contribution is 2.21. The first-order valence-corrected chi connectivity index (χ1v) is 7.71. The van der Waals surface area contributed by atoms with E-state index in [2.05, 4.69) is 38.5 Å². The molecule has 3 nitrogen and oxygen atoms in total. The Bertz CT molecular complexity index is 423. The highest BCUT2D eigenvalue weighted by atomic mass is 127. The van der Waals surface area contributed by atoms with E-state index in [1.54, 1.807) is 4.90 Å². The van der Waals surface area contributed by atoms with Crippen molar-refractivity contribution in [2.75, 3.05) is 13.2 Å². The van der Waals surface area contributed by atoms with Gasteiger partial charge in [-0.25, -0.2) is 0 Å². The molecule has 100 valence electrons. The van der Waals surface area contributed by atoms with E-state index in [1.165, 1.54) is 0 Å². The quantitative estimate of drug-likeness (QED) is 0.735. The Morgan fingerprint density at radius 3 is 2.72 bits per heavy atom. The maximum absolute atomic E-state index is 12.5. The summed E-state index contributed by atoms with van der Waals surface area (Å²) < 4.78 is 1.84. The number of amides is 1. The van der Waals surface area contributed by atoms with Crippen LogP contribution >= 0.6 is 38.5 Å². The van der Waals surface area contributed by atoms with Gasteiger partial charge in [0.2, 0.25) is 0 Å². The lowest BCUT2D eigenvalue weighted by Crippen LogP contribution is -2.38. The lowest BCUT2D eigenvalue weighted by atomic mass is 10.1. The van der Waals surface area contributed by atoms with E-state index in [9.17, 15) is 4.79 Å². The summed E-state index contributed by atoms with van der Waals surface area (Å²) in [4.78, 5) is 14.3. The molecule has 1 amide bonds. The second-order valence-corrected chi connectivity index (χ2v) is 6.37. The van der Waals surface area contributed by atoms with E-state index in [0.29, 0.717) is 18.5 Å². The number of benzene rings is 1. The third-order valence-electron chi connectivity index (χ3n) is 2.60. The summed E-state index contributed by atoms with van der Waals surface area (Å²) in [5.41, 5.74) is 0.705. The summed E-state index contributed by atoms with van der Waals surface area (Å²) in [6, 6.07) is 5.81. The van der Waals surface area contributed by atoms with Crippen LogP contribution in [0.5, 0.6) is 0 Å². The van der Waals surface area contributed by atoms with Crippen LogP contribution in [-0.4, -0.2) is 35.1 Å². The molecule has 5 heteroatoms. The first-order chi connectivity index (χ1) is 8.47. The van der Waals surface area contributed by atoms with Gasteiger partial charge >= 0.3 is 0 Å². The molecule has 0 saturated heterocycles. The van der Waals surface area contributed by atoms with Gasteiger partial charge in [-0.2, -0.15) is 0 Å². The van der Waals surface area contributed by atoms with Gasteiger partial charge in [0.15, 0.2) is 0 Å². The zero-order chi connectivity index (χ0) is 13.7. The van der Waals surface area contributed by atoms with Gasteiger partial charge in [0.05, 0.1) is 5.56 Å². The second kappa shape index (κ2) is 7.45. The molecule has 0 atom stereocenters. The average Bonchev–Trinajstić information content (AvgIpc) is 2.32. The van der Waals surface area contributed by atoms with Crippen LogP contribution in [0.1, 0.15) is 30.6 Å². The van der Waals surface area contributed by atoms with Gasteiger partial charge < -0.3 is 10.0 Å². The van der Waals surface area contributed by atoms with Crippen LogP contribution < -0.4 is 0 Å². The van der Waals surface area contributed by atoms with Crippen molar-refractivity contribution in [1.29, 1.82) is 0 Å². The number of aliphatic hydroxyl groups is 1. The Kier molecular flexibility index (Phi) is 6.59. The monoisotopic (exact) mass is 425 g/mol. The fourth-order valence-electron chi connectivity index (χ4n) is 1.65. The van der Waals surface area contributed by atoms with Crippen LogP contribution in [0.15, 0.2) is 22.7 Å². The molecule has 0 saturated carbocycles. The topological polar surface area (TPSA) is 40.5 Å². The minimum Gasteiger partial charge on any atom is -0.396 e. The fourth-order valence-corrected chi connectivity index (χ4v) is 2.58. The molecule has 0 radical (unpaired) electrons. The summed E-state index contributed by atoms with van der Waals surface area (Å²) in [5.74, 6) is 0.0177. The molecule has 0 aliphatic rings. The van der Waals surface area contributed by atoms with Crippen LogP contribution in [-0.2, 0) is 0 Å². The molecule has 0 spiro atoms. The molecule has 0 aromatic heterocycles. The molecule has 0 heterocycles. The van der Waals surface area contributed by atoms with Crippen molar-refractivity contribution in [3.63, 3.8) is 0 Å². The predicted molar refractivity (Wildman–Crippen MR) is 84.7 cm³/mol. The normalized spacial score (nSPS) is 10.8. The van der Waals surface area contributed by atoms with E-state index in [-0.39, 0.29) is 18.6 Å². The maximum atomic E-state index is 12.5. The molecule has 1 aromatic rings. The lowest BCUT2D eigenvalue weighted by Gasteiger charge is -2.27. The number of rotatable bonds is 5. The van der Waals surface area contributed by atoms with Crippen LogP contribution in [0.4, 0.5) is 0 Å². The number of aliphatic hydroxyl groups excluding tert-OH is 1. The zero-order valence-electron chi connectivity index (χ0n) is 10.5. The number of halogens is 2. The smallest absolute Gasteiger partial charge is 0.255 e. The highest BCUT2D eigenvalue weighted by molar-refractivity contribution is 14.1. The first kappa shape index (κ1) is 15.9. The van der Waals surface area contributed by atoms with E-state index < -0.39 is 0 Å². The molecule has 1 aromatic carbocycles. The molecule has 18 heavy (non-hydrogen) atoms. The molecule has 0 aliphatic carbocycles. The van der Waals surface area contributed by atoms with Gasteiger partial charge in [0, 0.05) is 27.2 Å². The minimum absolute atomic E-state index is 0.0177. The summed E-state index contributed by atoms with van der Waals surface area (Å²) in [6.07, 6.45) is 0.606. The molecule has 1 rings (SSSR count). The van der Waals surface area contributed by atoms with E-state index in [0.717, 1.165) is 8.04 Å². The van der Waals surface area contributed by atoms with Gasteiger partial charge in [0.1, 0.15) is 0 Å². The summed E-state index contributed by atoms with van der Waals surface area (Å²) in [7, 11) is 0. The van der Waals surface area contributed by atoms with E-state index in [1.807, 2.05) is 32.0 Å². The first-order valence-electron chi connectivity index (χ1n) is 5.84. The van der Waals surface area contributed by atoms with Crippen molar-refractivity contribution in [1.82, 2.24) is 4.90 Å². The molecule has 0 bridgehead atoms. The van der Waals surface area contributed by atoms with Crippen molar-refractivity contribution < 1.29 is 9.90 Å². The van der Waals surface area contributed by atoms with Gasteiger partial charge in [-0.15, -0.1) is 0 Å². The van der Waals surface area contributed by atoms with Gasteiger partial charge in [-0.05, 0) is 61.1 Å². The standard InChI is InChI=1S/C13H17BrINO2/c1-9(2)16(6-3-7-17)13(18)11-8-10(14)4-5-12(11)15/h4-5,8-9,17H,3,6-7H2,1-2H3. The predicted octanol–water partition coefficient (Wildman–Crippen LogP) is 3.29. The van der Waals surface area contributed by atoms with Crippen molar-refractivity contribution in [3.8, 4) is 0 Å². The van der Waals surface area contributed by atoms with Crippen molar-refractivity contribution in [3.05, 3.63) is 31.8 Å². The largest absolute Gasteiger partial charge is 0.396 e. The Balaban J connectivity index is 2.98. The van der Waals surface area contributed by atoms with Crippen molar-refractivity contribution in [2.24, 2.45) is 0 Å². The summed E-state index contributed by atoms with van der Waals surface area (Å²) >= 11 is 5.56. The number of hydrogen-bond donors (Lipinski definition) is 1. The Hall–Kier alpha value is -0.140. The van der Waals surface area contributed by atoms with E-state index in [4.69, 9.17) is 5.11 Å². The number of carbonyl (C=O) groups is 1. The van der Waals surface area contributed by atoms with Crippen LogP contribution in [0.3, 0.4) is 0 Å². The molecule has 0 aliphatic heterocycles. The van der Waals surface area contributed by atoms with E-state index >= 15 is 0 Å². The Morgan fingerprint density at radius 2 is 2.17 bits per heavy atom. The lowest BCUT2D eigenvalue weighted by molar-refractivity contribution is 0.0692. The van der Waals surface area contributed by atoms with Gasteiger partial charge in [-0.3, -0.25) is 4.79 Å². The number of nitrogens with zero attached hydrogens (tertiary/aromatic N) is 1. The van der Waals surface area contributed by atoms with Gasteiger partial charge in [0.25, 0.3) is 5.91 Å². The zero-order valence-corrected chi connectivity index (χ0v) is 14.2. The Morgan fingerprint density at radius 1 is 1.50 bits per heavy atom. The second-order valence-electron chi connectivity index (χ2n) is 4.29. The fraction of sp³-hybridized carbons (Fsp3) is 0.462. The van der Waals surface area contributed by atoms with Gasteiger partial charge in [-0.1, -0.05) is 15.9 Å². The molecular weight excluding hydrogens is 409 g/mol. The van der Waals surface area contributed by atoms with Crippen LogP contribution in [0.2, 0.25) is 0 Å². The third-order valence-corrected chi connectivity index (χ3v) is 4.03. The summed E-state index contributed by atoms with van der Waals surface area (Å²) in [5, 5.41) is 8.90. The SMILES string of the molecule is CC(C)N(CCCO)C(=O)c1cc(Br)ccc1I. The molecule has 0 unspecified atom stereocenters. The highest BCUT2D eigenvalue weighted by Gasteiger charge is 2.20. The maximum Gasteiger partial charge on any atom is 0.255 e. The Labute approximate surface area is 130 Å². The van der Waals surface area contributed by atoms with Crippen molar-refractivity contribution >= 4 is 44.4 Å². The number of hydrogen-bond acceptors (Lipinski definition) is 2. The van der Waals surface area contributed by atoms with Crippen LogP contribution in [0, 0.1) is 3.57 Å². The summed E-state index contributed by atoms with van der Waals surface area (Å²) in [6.45, 7) is 4.65. The van der Waals surface area contributed by atoms with Crippen molar-refractivity contribution in [2.45, 2.75) is 26.3 Å². The van der Waals surface area contributed by atoms with Crippen LogP contribution in [0.25, 0.3) is 0 Å². The number of carbonyl (C=O) groups excluding carboxylic acids is 1. The minimum atomic E-state index is 0.0177. The average molecular weight is 426 g/mol. The molecular formula is C13H17BrINO2. The molecule has 0 fully saturated rings.